The molecule has 0 saturated carbocycles. The Morgan fingerprint density at radius 2 is 2.27 bits per heavy atom. The molecule has 26 heavy (non-hydrogen) atoms. The number of primary amides is 1. The van der Waals surface area contributed by atoms with Crippen molar-refractivity contribution in [1.82, 2.24) is 14.9 Å². The van der Waals surface area contributed by atoms with Gasteiger partial charge in [0.2, 0.25) is 5.72 Å². The van der Waals surface area contributed by atoms with E-state index >= 15 is 0 Å². The van der Waals surface area contributed by atoms with Gasteiger partial charge in [0.25, 0.3) is 5.91 Å². The first-order valence-corrected chi connectivity index (χ1v) is 9.37. The second kappa shape index (κ2) is 5.92. The molecule has 5 rings (SSSR count). The van der Waals surface area contributed by atoms with Crippen molar-refractivity contribution < 1.29 is 31.5 Å². The number of carbonyl (C=O) groups excluding carboxylic acids is 1. The van der Waals surface area contributed by atoms with Crippen molar-refractivity contribution >= 4 is 16.3 Å². The summed E-state index contributed by atoms with van der Waals surface area (Å²) in [4.78, 5) is 17.9. The molecule has 142 valence electrons. The number of nitrogens with zero attached hydrogens (tertiary/aromatic N) is 3. The van der Waals surface area contributed by atoms with E-state index in [0.717, 1.165) is 10.8 Å². The molecule has 4 aliphatic rings. The van der Waals surface area contributed by atoms with Crippen LogP contribution in [0.2, 0.25) is 0 Å². The molecule has 1 aromatic heterocycles. The maximum absolute atomic E-state index is 12.2. The third-order valence-electron chi connectivity index (χ3n) is 4.91. The van der Waals surface area contributed by atoms with Gasteiger partial charge in [-0.25, -0.2) is 4.90 Å². The number of piperidine rings is 1. The third kappa shape index (κ3) is 2.70. The lowest BCUT2D eigenvalue weighted by Crippen LogP contribution is -2.63. The molecule has 1 aromatic rings. The van der Waals surface area contributed by atoms with Gasteiger partial charge in [0, 0.05) is 24.7 Å². The molecule has 1 amide bonds. The zero-order valence-electron chi connectivity index (χ0n) is 13.6. The van der Waals surface area contributed by atoms with Gasteiger partial charge in [0.15, 0.2) is 12.1 Å². The van der Waals surface area contributed by atoms with Crippen molar-refractivity contribution in [2.45, 2.75) is 37.1 Å². The predicted molar refractivity (Wildman–Crippen MR) is 83.8 cm³/mol. The van der Waals surface area contributed by atoms with Crippen LogP contribution < -0.4 is 5.73 Å². The van der Waals surface area contributed by atoms with Crippen molar-refractivity contribution in [3.63, 3.8) is 0 Å². The summed E-state index contributed by atoms with van der Waals surface area (Å²) in [6, 6.07) is 5.49. The maximum Gasteiger partial charge on any atom is 0.414 e. The zero-order chi connectivity index (χ0) is 18.6. The second-order valence-electron chi connectivity index (χ2n) is 6.41. The molecule has 12 heteroatoms. The van der Waals surface area contributed by atoms with E-state index in [1.165, 1.54) is 4.90 Å². The van der Waals surface area contributed by atoms with Crippen molar-refractivity contribution in [2.24, 2.45) is 5.73 Å². The molecule has 11 nitrogen and oxygen atoms in total. The van der Waals surface area contributed by atoms with Crippen LogP contribution in [0.5, 0.6) is 0 Å². The normalized spacial score (nSPS) is 35.9. The van der Waals surface area contributed by atoms with E-state index in [2.05, 4.69) is 9.27 Å². The molecule has 4 fully saturated rings. The second-order valence-corrected chi connectivity index (χ2v) is 7.42. The van der Waals surface area contributed by atoms with Gasteiger partial charge in [-0.15, -0.1) is 4.28 Å². The Balaban J connectivity index is 1.50. The average molecular weight is 386 g/mol. The highest BCUT2D eigenvalue weighted by molar-refractivity contribution is 7.80. The highest BCUT2D eigenvalue weighted by atomic mass is 32.3. The van der Waals surface area contributed by atoms with Crippen LogP contribution in [0.15, 0.2) is 24.4 Å². The fourth-order valence-corrected chi connectivity index (χ4v) is 4.13. The molecule has 5 heterocycles. The number of nitrogens with two attached hydrogens (primary N) is 1. The van der Waals surface area contributed by atoms with Gasteiger partial charge >= 0.3 is 10.4 Å². The Labute approximate surface area is 149 Å². The average Bonchev–Trinajstić information content (AvgIpc) is 3.03. The molecule has 4 atom stereocenters. The lowest BCUT2D eigenvalue weighted by Gasteiger charge is -2.45. The fraction of sp³-hybridized carbons (Fsp3) is 0.571. The van der Waals surface area contributed by atoms with Crippen molar-refractivity contribution in [1.29, 1.82) is 0 Å². The molecule has 0 aliphatic carbocycles. The quantitative estimate of drug-likeness (QED) is 0.558. The van der Waals surface area contributed by atoms with E-state index in [1.807, 2.05) is 12.1 Å². The monoisotopic (exact) mass is 386 g/mol. The minimum absolute atomic E-state index is 0.166. The van der Waals surface area contributed by atoms with Crippen LogP contribution in [0.4, 0.5) is 0 Å². The first-order chi connectivity index (χ1) is 12.3. The zero-order valence-corrected chi connectivity index (χ0v) is 14.5. The first kappa shape index (κ1) is 17.7. The van der Waals surface area contributed by atoms with Gasteiger partial charge in [0.05, 0.1) is 13.2 Å². The molecular formula is C14H18N4O7S. The molecule has 4 aliphatic heterocycles. The standard InChI is InChI=1S/C14H18N4O7S/c15-11(19)14(23-8-4-10-3-1-2-7-16-10)6-5-13-9-17(14)12(24-13)18(13)25-26(20,21)22/h1-3,7,12H,4-6,8-9H2,(H2,15,19)(H,20,21,22)/t12?,13?,14-/m0/s1. The molecule has 4 saturated heterocycles. The summed E-state index contributed by atoms with van der Waals surface area (Å²) in [5.74, 6) is -0.698. The summed E-state index contributed by atoms with van der Waals surface area (Å²) in [5.41, 5.74) is 3.93. The van der Waals surface area contributed by atoms with Gasteiger partial charge in [-0.1, -0.05) is 11.1 Å². The Hall–Kier alpha value is -1.67. The van der Waals surface area contributed by atoms with Crippen LogP contribution in [-0.4, -0.2) is 64.8 Å². The summed E-state index contributed by atoms with van der Waals surface area (Å²) < 4.78 is 47.2. The number of rotatable bonds is 7. The van der Waals surface area contributed by atoms with Crippen molar-refractivity contribution in [2.75, 3.05) is 13.2 Å². The van der Waals surface area contributed by atoms with E-state index in [9.17, 15) is 13.2 Å². The van der Waals surface area contributed by atoms with Crippen LogP contribution >= 0.6 is 0 Å². The maximum atomic E-state index is 12.2. The Morgan fingerprint density at radius 3 is 2.92 bits per heavy atom. The topological polar surface area (TPSA) is 145 Å². The molecule has 3 bridgehead atoms. The molecule has 0 aromatic carbocycles. The minimum atomic E-state index is -4.71. The predicted octanol–water partition coefficient (Wildman–Crippen LogP) is -1.02. The van der Waals surface area contributed by atoms with Crippen LogP contribution in [-0.2, 0) is 35.4 Å². The summed E-state index contributed by atoms with van der Waals surface area (Å²) in [5, 5.41) is 1.02. The lowest BCUT2D eigenvalue weighted by molar-refractivity contribution is -0.417. The Morgan fingerprint density at radius 1 is 1.46 bits per heavy atom. The summed E-state index contributed by atoms with van der Waals surface area (Å²) in [6.45, 7) is 0.356. The van der Waals surface area contributed by atoms with Crippen LogP contribution in [0.1, 0.15) is 18.5 Å². The SMILES string of the molecule is NC(=O)[C@@]1(OCCc2ccccn2)CCC23CN1C(O2)N3OS(=O)(=O)O. The fourth-order valence-electron chi connectivity index (χ4n) is 3.72. The summed E-state index contributed by atoms with van der Waals surface area (Å²) >= 11 is 0. The third-order valence-corrected chi connectivity index (χ3v) is 5.26. The molecule has 1 spiro atoms. The lowest BCUT2D eigenvalue weighted by atomic mass is 9.94. The number of amides is 1. The smallest absolute Gasteiger partial charge is 0.366 e. The van der Waals surface area contributed by atoms with E-state index in [1.54, 1.807) is 12.3 Å². The summed E-state index contributed by atoms with van der Waals surface area (Å²) in [6.07, 6.45) is 1.61. The number of hydrogen-bond acceptors (Lipinski definition) is 9. The van der Waals surface area contributed by atoms with E-state index in [0.29, 0.717) is 6.42 Å². The van der Waals surface area contributed by atoms with E-state index < -0.39 is 34.1 Å². The first-order valence-electron chi connectivity index (χ1n) is 8.01. The molecular weight excluding hydrogens is 368 g/mol. The minimum Gasteiger partial charge on any atom is -0.366 e. The largest absolute Gasteiger partial charge is 0.414 e. The van der Waals surface area contributed by atoms with Crippen LogP contribution in [0.25, 0.3) is 0 Å². The summed E-state index contributed by atoms with van der Waals surface area (Å²) in [7, 11) is -4.71. The highest BCUT2D eigenvalue weighted by Crippen LogP contribution is 2.55. The number of hydrogen-bond donors (Lipinski definition) is 2. The molecule has 3 unspecified atom stereocenters. The Kier molecular flexibility index (Phi) is 4.04. The number of pyridine rings is 1. The molecule has 3 N–H and O–H groups in total. The number of carbonyl (C=O) groups is 1. The van der Waals surface area contributed by atoms with Gasteiger partial charge < -0.3 is 15.2 Å². The van der Waals surface area contributed by atoms with Crippen LogP contribution in [0, 0.1) is 0 Å². The van der Waals surface area contributed by atoms with Gasteiger partial charge in [0.1, 0.15) is 0 Å². The number of hydroxylamine groups is 2. The number of ether oxygens (including phenoxy) is 2. The van der Waals surface area contributed by atoms with E-state index in [-0.39, 0.29) is 26.0 Å². The van der Waals surface area contributed by atoms with Crippen LogP contribution in [0.3, 0.4) is 0 Å². The number of aromatic nitrogens is 1. The van der Waals surface area contributed by atoms with Gasteiger partial charge in [-0.2, -0.15) is 8.42 Å². The van der Waals surface area contributed by atoms with Gasteiger partial charge in [-0.3, -0.25) is 14.3 Å². The van der Waals surface area contributed by atoms with E-state index in [4.69, 9.17) is 19.8 Å². The molecule has 0 radical (unpaired) electrons. The van der Waals surface area contributed by atoms with Crippen molar-refractivity contribution in [3.05, 3.63) is 30.1 Å². The van der Waals surface area contributed by atoms with Gasteiger partial charge in [-0.05, 0) is 18.6 Å². The highest BCUT2D eigenvalue weighted by Gasteiger charge is 2.74. The Bertz CT molecular complexity index is 822. The van der Waals surface area contributed by atoms with Crippen molar-refractivity contribution in [3.8, 4) is 0 Å².